The summed E-state index contributed by atoms with van der Waals surface area (Å²) in [7, 11) is 0. The van der Waals surface area contributed by atoms with E-state index in [1.54, 1.807) is 11.3 Å². The second-order valence-corrected chi connectivity index (χ2v) is 7.84. The first-order chi connectivity index (χ1) is 12.8. The first kappa shape index (κ1) is 16.8. The molecule has 0 unspecified atom stereocenters. The van der Waals surface area contributed by atoms with Crippen LogP contribution in [0, 0.1) is 0 Å². The lowest BCUT2D eigenvalue weighted by Gasteiger charge is -2.06. The first-order valence-electron chi connectivity index (χ1n) is 8.20. The van der Waals surface area contributed by atoms with Gasteiger partial charge in [-0.1, -0.05) is 72.4 Å². The summed E-state index contributed by atoms with van der Waals surface area (Å²) in [6, 6.07) is 24.1. The van der Waals surface area contributed by atoms with E-state index in [4.69, 9.17) is 0 Å². The van der Waals surface area contributed by atoms with Gasteiger partial charge >= 0.3 is 0 Å². The lowest BCUT2D eigenvalue weighted by atomic mass is 10.1. The number of hydrogen-bond acceptors (Lipinski definition) is 4. The number of fused-ring (bicyclic) bond motifs is 1. The highest BCUT2D eigenvalue weighted by atomic mass is 32.2. The quantitative estimate of drug-likeness (QED) is 0.455. The van der Waals surface area contributed by atoms with Gasteiger partial charge in [-0.3, -0.25) is 4.79 Å². The Morgan fingerprint density at radius 3 is 2.58 bits per heavy atom. The Kier molecular flexibility index (Phi) is 5.00. The van der Waals surface area contributed by atoms with Crippen molar-refractivity contribution in [3.8, 4) is 11.3 Å². The van der Waals surface area contributed by atoms with Crippen LogP contribution in [-0.2, 0) is 4.79 Å². The summed E-state index contributed by atoms with van der Waals surface area (Å²) in [5.74, 6) is 0.316. The SMILES string of the molecule is O=C(CSc1nc(-c2ccccc2)cs1)Nc1ccc2ccccc2c1. The third-order valence-corrected chi connectivity index (χ3v) is 5.93. The molecule has 1 aromatic heterocycles. The van der Waals surface area contributed by atoms with Gasteiger partial charge in [-0.05, 0) is 22.9 Å². The highest BCUT2D eigenvalue weighted by molar-refractivity contribution is 8.01. The number of aromatic nitrogens is 1. The molecule has 0 aliphatic heterocycles. The Hall–Kier alpha value is -2.63. The number of benzene rings is 3. The van der Waals surface area contributed by atoms with Crippen molar-refractivity contribution < 1.29 is 4.79 Å². The Morgan fingerprint density at radius 1 is 0.962 bits per heavy atom. The number of nitrogens with one attached hydrogen (secondary N) is 1. The molecule has 0 spiro atoms. The summed E-state index contributed by atoms with van der Waals surface area (Å²) in [5.41, 5.74) is 2.86. The molecule has 5 heteroatoms. The van der Waals surface area contributed by atoms with Crippen LogP contribution >= 0.6 is 23.1 Å². The average molecular weight is 377 g/mol. The summed E-state index contributed by atoms with van der Waals surface area (Å²) in [4.78, 5) is 16.8. The number of nitrogens with zero attached hydrogens (tertiary/aromatic N) is 1. The van der Waals surface area contributed by atoms with Crippen LogP contribution in [0.15, 0.2) is 82.5 Å². The average Bonchev–Trinajstić information content (AvgIpc) is 3.16. The van der Waals surface area contributed by atoms with Gasteiger partial charge in [-0.25, -0.2) is 4.98 Å². The highest BCUT2D eigenvalue weighted by Gasteiger charge is 2.08. The zero-order valence-corrected chi connectivity index (χ0v) is 15.5. The molecule has 3 nitrogen and oxygen atoms in total. The molecule has 128 valence electrons. The van der Waals surface area contributed by atoms with Crippen molar-refractivity contribution in [3.05, 3.63) is 78.2 Å². The predicted octanol–water partition coefficient (Wildman–Crippen LogP) is 5.69. The predicted molar refractivity (Wildman–Crippen MR) is 111 cm³/mol. The lowest BCUT2D eigenvalue weighted by molar-refractivity contribution is -0.113. The minimum atomic E-state index is -0.0262. The lowest BCUT2D eigenvalue weighted by Crippen LogP contribution is -2.13. The van der Waals surface area contributed by atoms with Crippen molar-refractivity contribution >= 4 is 45.5 Å². The molecule has 0 fully saturated rings. The van der Waals surface area contributed by atoms with E-state index in [2.05, 4.69) is 16.4 Å². The van der Waals surface area contributed by atoms with Crippen molar-refractivity contribution in [1.82, 2.24) is 4.98 Å². The molecule has 26 heavy (non-hydrogen) atoms. The molecule has 4 aromatic rings. The summed E-state index contributed by atoms with van der Waals surface area (Å²) in [6.45, 7) is 0. The fraction of sp³-hybridized carbons (Fsp3) is 0.0476. The van der Waals surface area contributed by atoms with Gasteiger partial charge in [0.2, 0.25) is 5.91 Å². The second kappa shape index (κ2) is 7.72. The van der Waals surface area contributed by atoms with E-state index in [0.29, 0.717) is 5.75 Å². The van der Waals surface area contributed by atoms with E-state index in [1.165, 1.54) is 11.8 Å². The zero-order chi connectivity index (χ0) is 17.8. The molecule has 4 rings (SSSR count). The summed E-state index contributed by atoms with van der Waals surface area (Å²) in [5, 5.41) is 7.27. The Labute approximate surface area is 160 Å². The van der Waals surface area contributed by atoms with E-state index in [1.807, 2.05) is 72.1 Å². The molecular weight excluding hydrogens is 360 g/mol. The summed E-state index contributed by atoms with van der Waals surface area (Å²) >= 11 is 3.03. The number of carbonyl (C=O) groups excluding carboxylic acids is 1. The molecular formula is C21H16N2OS2. The van der Waals surface area contributed by atoms with Gasteiger partial charge in [0.25, 0.3) is 0 Å². The Balaban J connectivity index is 1.37. The molecule has 1 N–H and O–H groups in total. The Bertz CT molecular complexity index is 1040. The Morgan fingerprint density at radius 2 is 1.73 bits per heavy atom. The summed E-state index contributed by atoms with van der Waals surface area (Å²) in [6.07, 6.45) is 0. The molecule has 1 heterocycles. The molecule has 0 aliphatic rings. The minimum Gasteiger partial charge on any atom is -0.325 e. The first-order valence-corrected chi connectivity index (χ1v) is 10.1. The van der Waals surface area contributed by atoms with Gasteiger partial charge in [-0.15, -0.1) is 11.3 Å². The number of thiazole rings is 1. The number of thioether (sulfide) groups is 1. The van der Waals surface area contributed by atoms with E-state index >= 15 is 0 Å². The van der Waals surface area contributed by atoms with Crippen molar-refractivity contribution in [1.29, 1.82) is 0 Å². The maximum Gasteiger partial charge on any atom is 0.234 e. The number of anilines is 1. The molecule has 0 saturated carbocycles. The molecule has 0 aliphatic carbocycles. The largest absolute Gasteiger partial charge is 0.325 e. The maximum absolute atomic E-state index is 12.2. The standard InChI is InChI=1S/C21H16N2OS2/c24-20(22-18-11-10-15-6-4-5-9-17(15)12-18)14-26-21-23-19(13-25-21)16-7-2-1-3-8-16/h1-13H,14H2,(H,22,24). The van der Waals surface area contributed by atoms with Gasteiger partial charge in [0.05, 0.1) is 11.4 Å². The number of carbonyl (C=O) groups is 1. The minimum absolute atomic E-state index is 0.0262. The van der Waals surface area contributed by atoms with Gasteiger partial charge in [-0.2, -0.15) is 0 Å². The fourth-order valence-corrected chi connectivity index (χ4v) is 4.29. The number of rotatable bonds is 5. The van der Waals surface area contributed by atoms with Crippen molar-refractivity contribution in [2.24, 2.45) is 0 Å². The van der Waals surface area contributed by atoms with E-state index in [-0.39, 0.29) is 5.91 Å². The smallest absolute Gasteiger partial charge is 0.234 e. The van der Waals surface area contributed by atoms with Crippen molar-refractivity contribution in [2.75, 3.05) is 11.1 Å². The van der Waals surface area contributed by atoms with Crippen LogP contribution in [0.3, 0.4) is 0 Å². The molecule has 3 aromatic carbocycles. The van der Waals surface area contributed by atoms with Crippen LogP contribution in [-0.4, -0.2) is 16.6 Å². The van der Waals surface area contributed by atoms with E-state index in [0.717, 1.165) is 32.1 Å². The van der Waals surface area contributed by atoms with Crippen LogP contribution in [0.25, 0.3) is 22.0 Å². The van der Waals surface area contributed by atoms with Gasteiger partial charge < -0.3 is 5.32 Å². The van der Waals surface area contributed by atoms with Crippen molar-refractivity contribution in [3.63, 3.8) is 0 Å². The highest BCUT2D eigenvalue weighted by Crippen LogP contribution is 2.28. The molecule has 0 saturated heterocycles. The molecule has 0 radical (unpaired) electrons. The third kappa shape index (κ3) is 3.95. The second-order valence-electron chi connectivity index (χ2n) is 5.76. The van der Waals surface area contributed by atoms with Crippen LogP contribution in [0.4, 0.5) is 5.69 Å². The van der Waals surface area contributed by atoms with E-state index < -0.39 is 0 Å². The van der Waals surface area contributed by atoms with Crippen molar-refractivity contribution in [2.45, 2.75) is 4.34 Å². The molecule has 0 atom stereocenters. The maximum atomic E-state index is 12.2. The van der Waals surface area contributed by atoms with Gasteiger partial charge in [0.15, 0.2) is 4.34 Å². The third-order valence-electron chi connectivity index (χ3n) is 3.91. The summed E-state index contributed by atoms with van der Waals surface area (Å²) < 4.78 is 0.900. The topological polar surface area (TPSA) is 42.0 Å². The molecule has 0 bridgehead atoms. The number of amides is 1. The normalized spacial score (nSPS) is 10.8. The number of hydrogen-bond donors (Lipinski definition) is 1. The monoisotopic (exact) mass is 376 g/mol. The van der Waals surface area contributed by atoms with E-state index in [9.17, 15) is 4.79 Å². The van der Waals surface area contributed by atoms with Crippen LogP contribution in [0.2, 0.25) is 0 Å². The van der Waals surface area contributed by atoms with Crippen LogP contribution < -0.4 is 5.32 Å². The zero-order valence-electron chi connectivity index (χ0n) is 13.9. The fourth-order valence-electron chi connectivity index (χ4n) is 2.66. The molecule has 1 amide bonds. The van der Waals surface area contributed by atoms with Crippen LogP contribution in [0.5, 0.6) is 0 Å². The van der Waals surface area contributed by atoms with Gasteiger partial charge in [0.1, 0.15) is 0 Å². The van der Waals surface area contributed by atoms with Crippen LogP contribution in [0.1, 0.15) is 0 Å². The van der Waals surface area contributed by atoms with Gasteiger partial charge in [0, 0.05) is 16.6 Å².